The summed E-state index contributed by atoms with van der Waals surface area (Å²) in [6.45, 7) is 8.61. The number of hydrogen-bond donors (Lipinski definition) is 1. The number of rotatable bonds is 4. The van der Waals surface area contributed by atoms with Gasteiger partial charge in [0, 0.05) is 12.8 Å². The predicted molar refractivity (Wildman–Crippen MR) is 100 cm³/mol. The largest absolute Gasteiger partial charge is 0.378 e. The van der Waals surface area contributed by atoms with E-state index in [1.54, 1.807) is 0 Å². The van der Waals surface area contributed by atoms with E-state index >= 15 is 0 Å². The summed E-state index contributed by atoms with van der Waals surface area (Å²) < 4.78 is 13.2. The number of ether oxygens (including phenoxy) is 2. The molecular weight excluding hydrogens is 372 g/mol. The zero-order valence-corrected chi connectivity index (χ0v) is 17.0. The fourth-order valence-corrected chi connectivity index (χ4v) is 3.45. The molecule has 0 aromatic carbocycles. The molecule has 2 saturated heterocycles. The molecule has 0 aliphatic carbocycles. The first kappa shape index (κ1) is 18.9. The second-order valence-electron chi connectivity index (χ2n) is 7.21. The van der Waals surface area contributed by atoms with Crippen LogP contribution in [-0.4, -0.2) is 43.7 Å². The van der Waals surface area contributed by atoms with Crippen LogP contribution in [0.25, 0.3) is 0 Å². The highest BCUT2D eigenvalue weighted by molar-refractivity contribution is 9.11. The van der Waals surface area contributed by atoms with Gasteiger partial charge in [0.25, 0.3) is 0 Å². The minimum absolute atomic E-state index is 0.0802. The number of fused-ring (bicyclic) bond motifs is 1. The van der Waals surface area contributed by atoms with Gasteiger partial charge in [-0.25, -0.2) is 0 Å². The monoisotopic (exact) mass is 398 g/mol. The van der Waals surface area contributed by atoms with Crippen LogP contribution >= 0.6 is 15.9 Å². The summed E-state index contributed by atoms with van der Waals surface area (Å²) in [6, 6.07) is 0. The number of hydrogen-bond acceptors (Lipinski definition) is 3. The average Bonchev–Trinajstić information content (AvgIpc) is 3.02. The van der Waals surface area contributed by atoms with Crippen LogP contribution in [0.3, 0.4) is 0 Å². The molecule has 0 unspecified atom stereocenters. The molecular formula is C18H27BrO3Si. The van der Waals surface area contributed by atoms with Crippen molar-refractivity contribution in [2.75, 3.05) is 0 Å². The molecule has 0 amide bonds. The lowest BCUT2D eigenvalue weighted by Gasteiger charge is -2.16. The maximum Gasteiger partial charge on any atom is 0.140 e. The fraction of sp³-hybridized carbons (Fsp3) is 0.667. The number of aliphatic hydroxyl groups excluding tert-OH is 1. The van der Waals surface area contributed by atoms with E-state index in [1.807, 2.05) is 6.08 Å². The molecule has 128 valence electrons. The third-order valence-corrected chi connectivity index (χ3v) is 5.65. The van der Waals surface area contributed by atoms with Gasteiger partial charge in [-0.3, -0.25) is 0 Å². The van der Waals surface area contributed by atoms with E-state index in [2.05, 4.69) is 66.1 Å². The molecule has 1 N–H and O–H groups in total. The van der Waals surface area contributed by atoms with Gasteiger partial charge < -0.3 is 14.6 Å². The predicted octanol–water partition coefficient (Wildman–Crippen LogP) is 3.79. The summed E-state index contributed by atoms with van der Waals surface area (Å²) in [6.07, 6.45) is 8.08. The Morgan fingerprint density at radius 1 is 1.30 bits per heavy atom. The molecule has 3 nitrogen and oxygen atoms in total. The number of halogens is 1. The Morgan fingerprint density at radius 2 is 2.00 bits per heavy atom. The first-order valence-corrected chi connectivity index (χ1v) is 12.6. The van der Waals surface area contributed by atoms with Crippen LogP contribution in [0.15, 0.2) is 22.7 Å². The van der Waals surface area contributed by atoms with Crippen LogP contribution in [0.2, 0.25) is 19.6 Å². The Kier molecular flexibility index (Phi) is 6.70. The normalized spacial score (nSPS) is 32.7. The van der Waals surface area contributed by atoms with Gasteiger partial charge in [0.05, 0.1) is 24.4 Å². The Bertz CT molecular complexity index is 513. The molecule has 23 heavy (non-hydrogen) atoms. The van der Waals surface area contributed by atoms with Crippen molar-refractivity contribution in [1.82, 2.24) is 0 Å². The Morgan fingerprint density at radius 3 is 2.61 bits per heavy atom. The van der Waals surface area contributed by atoms with Crippen molar-refractivity contribution in [3.63, 3.8) is 0 Å². The zero-order valence-electron chi connectivity index (χ0n) is 14.4. The Labute approximate surface area is 149 Å². The molecule has 2 rings (SSSR count). The Balaban J connectivity index is 1.84. The molecule has 2 fully saturated rings. The lowest BCUT2D eigenvalue weighted by atomic mass is 10.1. The second kappa shape index (κ2) is 8.13. The third kappa shape index (κ3) is 5.88. The van der Waals surface area contributed by atoms with Gasteiger partial charge in [0.2, 0.25) is 0 Å². The highest BCUT2D eigenvalue weighted by atomic mass is 79.9. The van der Waals surface area contributed by atoms with Gasteiger partial charge in [0.15, 0.2) is 0 Å². The molecule has 2 heterocycles. The second-order valence-corrected chi connectivity index (χ2v) is 13.0. The summed E-state index contributed by atoms with van der Waals surface area (Å²) >= 11 is 3.49. The first-order chi connectivity index (χ1) is 10.8. The molecule has 0 bridgehead atoms. The maximum atomic E-state index is 10.2. The van der Waals surface area contributed by atoms with E-state index in [0.717, 1.165) is 19.3 Å². The summed E-state index contributed by atoms with van der Waals surface area (Å²) in [4.78, 5) is 0. The van der Waals surface area contributed by atoms with Crippen molar-refractivity contribution < 1.29 is 14.6 Å². The SMILES string of the molecule is CC/C(Br)=C\C=C\[C@H]1C[C@@H]2O[C@@H]([C@@H](O)C#C[Si](C)(C)C)C[C@@H]2O1. The van der Waals surface area contributed by atoms with Gasteiger partial charge in [-0.2, -0.15) is 0 Å². The van der Waals surface area contributed by atoms with E-state index in [0.29, 0.717) is 0 Å². The van der Waals surface area contributed by atoms with Crippen molar-refractivity contribution in [3.8, 4) is 11.5 Å². The summed E-state index contributed by atoms with van der Waals surface area (Å²) in [5.74, 6) is 2.98. The number of aliphatic hydroxyl groups is 1. The fourth-order valence-electron chi connectivity index (χ4n) is 2.72. The molecule has 2 aliphatic rings. The van der Waals surface area contributed by atoms with Crippen molar-refractivity contribution in [2.45, 2.75) is 76.3 Å². The summed E-state index contributed by atoms with van der Waals surface area (Å²) in [5, 5.41) is 10.2. The number of allylic oxidation sites excluding steroid dienone is 3. The molecule has 2 aliphatic heterocycles. The van der Waals surface area contributed by atoms with Gasteiger partial charge >= 0.3 is 0 Å². The van der Waals surface area contributed by atoms with Gasteiger partial charge in [-0.05, 0) is 10.9 Å². The van der Waals surface area contributed by atoms with Crippen molar-refractivity contribution in [2.24, 2.45) is 0 Å². The Hall–Kier alpha value is -0.383. The molecule has 0 aromatic rings. The van der Waals surface area contributed by atoms with Crippen molar-refractivity contribution in [3.05, 3.63) is 22.7 Å². The molecule has 0 spiro atoms. The molecule has 5 atom stereocenters. The average molecular weight is 399 g/mol. The van der Waals surface area contributed by atoms with Gasteiger partial charge in [0.1, 0.15) is 14.2 Å². The van der Waals surface area contributed by atoms with Crippen molar-refractivity contribution in [1.29, 1.82) is 0 Å². The summed E-state index contributed by atoms with van der Waals surface area (Å²) in [7, 11) is -1.46. The van der Waals surface area contributed by atoms with Crippen LogP contribution < -0.4 is 0 Å². The lowest BCUT2D eigenvalue weighted by molar-refractivity contribution is -0.0122. The summed E-state index contributed by atoms with van der Waals surface area (Å²) in [5.41, 5.74) is 3.21. The van der Waals surface area contributed by atoms with Crippen LogP contribution in [0.4, 0.5) is 0 Å². The molecule has 5 heteroatoms. The van der Waals surface area contributed by atoms with E-state index in [4.69, 9.17) is 9.47 Å². The van der Waals surface area contributed by atoms with E-state index in [-0.39, 0.29) is 24.4 Å². The van der Waals surface area contributed by atoms with E-state index < -0.39 is 14.2 Å². The molecule has 0 radical (unpaired) electrons. The lowest BCUT2D eigenvalue weighted by Crippen LogP contribution is -2.27. The standard InChI is InChI=1S/C18H27BrO3Si/c1-5-13(19)7-6-8-14-11-17-18(21-14)12-16(22-17)15(20)9-10-23(2,3)4/h6-8,14-18,20H,5,11-12H2,1-4H3/b8-6+,13-7+/t14-,15-,16+,17-,18-/m0/s1. The van der Waals surface area contributed by atoms with Gasteiger partial charge in [-0.1, -0.05) is 66.6 Å². The smallest absolute Gasteiger partial charge is 0.140 e. The van der Waals surface area contributed by atoms with Crippen LogP contribution in [0.5, 0.6) is 0 Å². The minimum Gasteiger partial charge on any atom is -0.378 e. The maximum absolute atomic E-state index is 10.2. The topological polar surface area (TPSA) is 38.7 Å². The van der Waals surface area contributed by atoms with Crippen LogP contribution in [0.1, 0.15) is 26.2 Å². The first-order valence-electron chi connectivity index (χ1n) is 8.33. The van der Waals surface area contributed by atoms with Gasteiger partial charge in [-0.15, -0.1) is 5.54 Å². The quantitative estimate of drug-likeness (QED) is 0.444. The highest BCUT2D eigenvalue weighted by Gasteiger charge is 2.45. The van der Waals surface area contributed by atoms with Crippen LogP contribution in [-0.2, 0) is 9.47 Å². The third-order valence-electron chi connectivity index (χ3n) is 3.93. The zero-order chi connectivity index (χ0) is 17.0. The van der Waals surface area contributed by atoms with Crippen LogP contribution in [0, 0.1) is 11.5 Å². The highest BCUT2D eigenvalue weighted by Crippen LogP contribution is 2.35. The minimum atomic E-state index is -1.46. The van der Waals surface area contributed by atoms with Crippen molar-refractivity contribution >= 4 is 24.0 Å². The van der Waals surface area contributed by atoms with E-state index in [1.165, 1.54) is 4.48 Å². The molecule has 0 saturated carbocycles. The molecule has 0 aromatic heterocycles. The van der Waals surface area contributed by atoms with E-state index in [9.17, 15) is 5.11 Å².